The third kappa shape index (κ3) is 3.04. The Balaban J connectivity index is 1.89. The molecule has 1 nitrogen and oxygen atoms in total. The first-order valence-electron chi connectivity index (χ1n) is 7.29. The molecule has 0 fully saturated rings. The van der Waals surface area contributed by atoms with Crippen molar-refractivity contribution in [2.45, 2.75) is 48.6 Å². The summed E-state index contributed by atoms with van der Waals surface area (Å²) in [6, 6.07) is 9.08. The van der Waals surface area contributed by atoms with Gasteiger partial charge in [-0.2, -0.15) is 0 Å². The summed E-state index contributed by atoms with van der Waals surface area (Å²) in [6.45, 7) is 5.25. The first-order valence-corrected chi connectivity index (χ1v) is 8.92. The van der Waals surface area contributed by atoms with E-state index in [-0.39, 0.29) is 0 Å². The average Bonchev–Trinajstić information content (AvgIpc) is 3.05. The highest BCUT2D eigenvalue weighted by Gasteiger charge is 2.19. The maximum absolute atomic E-state index is 5.85. The van der Waals surface area contributed by atoms with Gasteiger partial charge in [-0.15, -0.1) is 11.3 Å². The normalized spacial score (nSPS) is 13.3. The summed E-state index contributed by atoms with van der Waals surface area (Å²) < 4.78 is 7.21. The minimum atomic E-state index is 0.837. The van der Waals surface area contributed by atoms with Crippen molar-refractivity contribution >= 4 is 23.1 Å². The number of unbranched alkanes of at least 4 members (excludes halogenated alkanes) is 1. The molecule has 3 rings (SSSR count). The molecular weight excluding hydrogens is 284 g/mol. The molecule has 2 heterocycles. The summed E-state index contributed by atoms with van der Waals surface area (Å²) in [7, 11) is 0. The Hall–Kier alpha value is -0.930. The second-order valence-electron chi connectivity index (χ2n) is 5.25. The molecule has 1 aliphatic heterocycles. The van der Waals surface area contributed by atoms with Crippen LogP contribution in [-0.4, -0.2) is 6.61 Å². The van der Waals surface area contributed by atoms with Crippen LogP contribution in [0, 0.1) is 6.92 Å². The van der Waals surface area contributed by atoms with Gasteiger partial charge in [-0.1, -0.05) is 31.2 Å². The van der Waals surface area contributed by atoms with Crippen LogP contribution in [0.3, 0.4) is 0 Å². The molecule has 0 radical (unpaired) electrons. The van der Waals surface area contributed by atoms with Gasteiger partial charge >= 0.3 is 0 Å². The predicted molar refractivity (Wildman–Crippen MR) is 87.4 cm³/mol. The van der Waals surface area contributed by atoms with Crippen molar-refractivity contribution in [3.8, 4) is 5.75 Å². The zero-order chi connectivity index (χ0) is 13.9. The van der Waals surface area contributed by atoms with Gasteiger partial charge in [0.15, 0.2) is 0 Å². The number of rotatable bonds is 5. The van der Waals surface area contributed by atoms with Gasteiger partial charge in [0.25, 0.3) is 0 Å². The van der Waals surface area contributed by atoms with Gasteiger partial charge < -0.3 is 4.74 Å². The number of ether oxygens (including phenoxy) is 1. The predicted octanol–water partition coefficient (Wildman–Crippen LogP) is 5.49. The van der Waals surface area contributed by atoms with Gasteiger partial charge in [0.05, 0.1) is 15.7 Å². The summed E-state index contributed by atoms with van der Waals surface area (Å²) in [6.07, 6.45) is 4.76. The van der Waals surface area contributed by atoms with Gasteiger partial charge in [-0.3, -0.25) is 0 Å². The van der Waals surface area contributed by atoms with Crippen molar-refractivity contribution in [3.05, 3.63) is 40.3 Å². The molecule has 1 aliphatic rings. The van der Waals surface area contributed by atoms with E-state index in [0.29, 0.717) is 0 Å². The maximum atomic E-state index is 5.85. The average molecular weight is 304 g/mol. The number of hydrogen-bond donors (Lipinski definition) is 0. The van der Waals surface area contributed by atoms with Crippen LogP contribution in [0.2, 0.25) is 0 Å². The number of thiophene rings is 1. The molecule has 1 aromatic heterocycles. The Morgan fingerprint density at radius 1 is 1.30 bits per heavy atom. The molecule has 0 saturated carbocycles. The van der Waals surface area contributed by atoms with E-state index in [1.54, 1.807) is 0 Å². The lowest BCUT2D eigenvalue weighted by Crippen LogP contribution is -1.90. The van der Waals surface area contributed by atoms with Gasteiger partial charge in [0, 0.05) is 11.3 Å². The maximum Gasteiger partial charge on any atom is 0.136 e. The third-order valence-electron chi connectivity index (χ3n) is 3.55. The standard InChI is InChI=1S/C17H20OS2/c1-3-4-5-13-10-14-8-9-18-17(14)15(11-13)20-16-7-6-12(2)19-16/h6-7,10-11H,3-5,8-9H2,1-2H3. The summed E-state index contributed by atoms with van der Waals surface area (Å²) in [4.78, 5) is 2.67. The molecule has 0 saturated heterocycles. The monoisotopic (exact) mass is 304 g/mol. The van der Waals surface area contributed by atoms with Crippen LogP contribution in [0.25, 0.3) is 0 Å². The molecule has 3 heteroatoms. The lowest BCUT2D eigenvalue weighted by atomic mass is 10.0. The number of benzene rings is 1. The zero-order valence-electron chi connectivity index (χ0n) is 12.1. The van der Waals surface area contributed by atoms with Crippen LogP contribution < -0.4 is 4.74 Å². The Morgan fingerprint density at radius 3 is 2.95 bits per heavy atom. The molecule has 0 bridgehead atoms. The molecule has 0 spiro atoms. The van der Waals surface area contributed by atoms with Crippen molar-refractivity contribution in [2.75, 3.05) is 6.61 Å². The van der Waals surface area contributed by atoms with E-state index in [4.69, 9.17) is 4.74 Å². The van der Waals surface area contributed by atoms with Crippen LogP contribution in [0.4, 0.5) is 0 Å². The second-order valence-corrected chi connectivity index (χ2v) is 7.88. The van der Waals surface area contributed by atoms with E-state index < -0.39 is 0 Å². The highest BCUT2D eigenvalue weighted by Crippen LogP contribution is 2.42. The minimum Gasteiger partial charge on any atom is -0.492 e. The van der Waals surface area contributed by atoms with E-state index in [9.17, 15) is 0 Å². The van der Waals surface area contributed by atoms with Crippen LogP contribution in [-0.2, 0) is 12.8 Å². The van der Waals surface area contributed by atoms with Gasteiger partial charge in [-0.05, 0) is 49.1 Å². The van der Waals surface area contributed by atoms with E-state index in [1.807, 2.05) is 23.1 Å². The first-order chi connectivity index (χ1) is 9.76. The molecule has 0 atom stereocenters. The van der Waals surface area contributed by atoms with Crippen LogP contribution in [0.1, 0.15) is 35.8 Å². The van der Waals surface area contributed by atoms with Gasteiger partial charge in [0.1, 0.15) is 5.75 Å². The minimum absolute atomic E-state index is 0.837. The van der Waals surface area contributed by atoms with Crippen LogP contribution in [0.5, 0.6) is 5.75 Å². The SMILES string of the molecule is CCCCc1cc2c(c(Sc3ccc(C)s3)c1)OCC2. The Labute approximate surface area is 129 Å². The molecular formula is C17H20OS2. The summed E-state index contributed by atoms with van der Waals surface area (Å²) in [5.41, 5.74) is 2.86. The van der Waals surface area contributed by atoms with Crippen molar-refractivity contribution in [3.63, 3.8) is 0 Å². The Kier molecular flexibility index (Phi) is 4.37. The van der Waals surface area contributed by atoms with E-state index in [1.165, 1.54) is 44.4 Å². The number of hydrogen-bond acceptors (Lipinski definition) is 3. The molecule has 0 N–H and O–H groups in total. The van der Waals surface area contributed by atoms with Crippen molar-refractivity contribution in [1.82, 2.24) is 0 Å². The smallest absolute Gasteiger partial charge is 0.136 e. The largest absolute Gasteiger partial charge is 0.492 e. The van der Waals surface area contributed by atoms with Crippen molar-refractivity contribution < 1.29 is 4.74 Å². The van der Waals surface area contributed by atoms with Crippen molar-refractivity contribution in [2.24, 2.45) is 0 Å². The fourth-order valence-corrected chi connectivity index (χ4v) is 4.78. The van der Waals surface area contributed by atoms with E-state index >= 15 is 0 Å². The molecule has 0 aliphatic carbocycles. The fourth-order valence-electron chi connectivity index (χ4n) is 2.51. The fraction of sp³-hybridized carbons (Fsp3) is 0.412. The molecule has 20 heavy (non-hydrogen) atoms. The lowest BCUT2D eigenvalue weighted by molar-refractivity contribution is 0.349. The molecule has 2 aromatic rings. The molecule has 1 aromatic carbocycles. The molecule has 0 unspecified atom stereocenters. The van der Waals surface area contributed by atoms with Crippen LogP contribution in [0.15, 0.2) is 33.4 Å². The number of fused-ring (bicyclic) bond motifs is 1. The van der Waals surface area contributed by atoms with Gasteiger partial charge in [0.2, 0.25) is 0 Å². The molecule has 106 valence electrons. The third-order valence-corrected chi connectivity index (χ3v) is 5.71. The summed E-state index contributed by atoms with van der Waals surface area (Å²) >= 11 is 3.71. The van der Waals surface area contributed by atoms with Crippen molar-refractivity contribution in [1.29, 1.82) is 0 Å². The zero-order valence-corrected chi connectivity index (χ0v) is 13.7. The lowest BCUT2D eigenvalue weighted by Gasteiger charge is -2.10. The summed E-state index contributed by atoms with van der Waals surface area (Å²) in [5.74, 6) is 1.13. The Bertz CT molecular complexity index is 601. The van der Waals surface area contributed by atoms with E-state index in [0.717, 1.165) is 18.8 Å². The van der Waals surface area contributed by atoms with E-state index in [2.05, 4.69) is 38.1 Å². The quantitative estimate of drug-likeness (QED) is 0.723. The van der Waals surface area contributed by atoms with Crippen LogP contribution >= 0.6 is 23.1 Å². The Morgan fingerprint density at radius 2 is 2.20 bits per heavy atom. The summed E-state index contributed by atoms with van der Waals surface area (Å²) in [5, 5.41) is 0. The highest BCUT2D eigenvalue weighted by atomic mass is 32.2. The number of aryl methyl sites for hydroxylation is 2. The topological polar surface area (TPSA) is 9.23 Å². The molecule has 0 amide bonds. The van der Waals surface area contributed by atoms with Gasteiger partial charge in [-0.25, -0.2) is 0 Å². The highest BCUT2D eigenvalue weighted by molar-refractivity contribution is 8.01. The first kappa shape index (κ1) is 14.0. The second kappa shape index (κ2) is 6.23.